The summed E-state index contributed by atoms with van der Waals surface area (Å²) in [6, 6.07) is 4.82. The Morgan fingerprint density at radius 1 is 1.47 bits per heavy atom. The van der Waals surface area contributed by atoms with Gasteiger partial charge in [-0.2, -0.15) is 5.26 Å². The van der Waals surface area contributed by atoms with Gasteiger partial charge in [-0.3, -0.25) is 0 Å². The van der Waals surface area contributed by atoms with E-state index in [1.54, 1.807) is 13.2 Å². The molecule has 1 heterocycles. The Morgan fingerprint density at radius 3 is 2.84 bits per heavy atom. The van der Waals surface area contributed by atoms with E-state index in [1.165, 1.54) is 6.07 Å². The lowest BCUT2D eigenvalue weighted by molar-refractivity contribution is 0.00381. The van der Waals surface area contributed by atoms with Crippen molar-refractivity contribution >= 4 is 21.6 Å². The number of hydrogen-bond acceptors (Lipinski definition) is 4. The van der Waals surface area contributed by atoms with Gasteiger partial charge in [0.1, 0.15) is 11.9 Å². The standard InChI is InChI=1S/C13H14BrFN2O2/c1-18-2-3-19-10-7-17(8-10)13-5-11(14)9(6-16)4-12(13)15/h4-5,10H,2-3,7-8H2,1H3. The van der Waals surface area contributed by atoms with Gasteiger partial charge in [-0.05, 0) is 28.1 Å². The summed E-state index contributed by atoms with van der Waals surface area (Å²) in [7, 11) is 1.63. The first-order chi connectivity index (χ1) is 9.15. The third kappa shape index (κ3) is 3.24. The highest BCUT2D eigenvalue weighted by Crippen LogP contribution is 2.30. The van der Waals surface area contributed by atoms with Crippen LogP contribution in [0.4, 0.5) is 10.1 Å². The molecule has 19 heavy (non-hydrogen) atoms. The molecule has 1 fully saturated rings. The van der Waals surface area contributed by atoms with Crippen molar-refractivity contribution in [2.75, 3.05) is 38.3 Å². The number of benzene rings is 1. The highest BCUT2D eigenvalue weighted by atomic mass is 79.9. The van der Waals surface area contributed by atoms with Crippen molar-refractivity contribution in [1.82, 2.24) is 0 Å². The lowest BCUT2D eigenvalue weighted by atomic mass is 10.1. The van der Waals surface area contributed by atoms with Crippen molar-refractivity contribution in [2.24, 2.45) is 0 Å². The molecule has 0 aromatic heterocycles. The molecule has 2 rings (SSSR count). The fraction of sp³-hybridized carbons (Fsp3) is 0.462. The van der Waals surface area contributed by atoms with Gasteiger partial charge in [0.05, 0.1) is 30.6 Å². The van der Waals surface area contributed by atoms with Gasteiger partial charge in [0.15, 0.2) is 0 Å². The first-order valence-corrected chi connectivity index (χ1v) is 6.69. The van der Waals surface area contributed by atoms with Gasteiger partial charge in [0.2, 0.25) is 0 Å². The molecule has 0 N–H and O–H groups in total. The molecule has 6 heteroatoms. The van der Waals surface area contributed by atoms with Gasteiger partial charge in [-0.25, -0.2) is 4.39 Å². The number of nitriles is 1. The molecule has 1 aliphatic heterocycles. The minimum atomic E-state index is -0.380. The van der Waals surface area contributed by atoms with Crippen LogP contribution in [0.1, 0.15) is 5.56 Å². The van der Waals surface area contributed by atoms with Gasteiger partial charge in [0, 0.05) is 24.7 Å². The Balaban J connectivity index is 1.95. The number of nitrogens with zero attached hydrogens (tertiary/aromatic N) is 2. The SMILES string of the molecule is COCCOC1CN(c2cc(Br)c(C#N)cc2F)C1. The first kappa shape index (κ1) is 14.3. The average Bonchev–Trinajstić information content (AvgIpc) is 2.35. The van der Waals surface area contributed by atoms with E-state index in [-0.39, 0.29) is 11.9 Å². The lowest BCUT2D eigenvalue weighted by Crippen LogP contribution is -2.53. The maximum Gasteiger partial charge on any atom is 0.147 e. The highest BCUT2D eigenvalue weighted by Gasteiger charge is 2.29. The van der Waals surface area contributed by atoms with Gasteiger partial charge in [-0.1, -0.05) is 0 Å². The van der Waals surface area contributed by atoms with E-state index >= 15 is 0 Å². The number of anilines is 1. The monoisotopic (exact) mass is 328 g/mol. The number of halogens is 2. The fourth-order valence-corrected chi connectivity index (χ4v) is 2.32. The van der Waals surface area contributed by atoms with E-state index in [1.807, 2.05) is 11.0 Å². The van der Waals surface area contributed by atoms with Crippen LogP contribution in [0.2, 0.25) is 0 Å². The van der Waals surface area contributed by atoms with Crippen LogP contribution < -0.4 is 4.90 Å². The van der Waals surface area contributed by atoms with Gasteiger partial charge < -0.3 is 14.4 Å². The fourth-order valence-electron chi connectivity index (χ4n) is 1.90. The van der Waals surface area contributed by atoms with E-state index in [2.05, 4.69) is 15.9 Å². The molecule has 0 bridgehead atoms. The molecule has 0 unspecified atom stereocenters. The zero-order chi connectivity index (χ0) is 13.8. The van der Waals surface area contributed by atoms with Crippen LogP contribution >= 0.6 is 15.9 Å². The summed E-state index contributed by atoms with van der Waals surface area (Å²) in [6.07, 6.45) is 0.115. The van der Waals surface area contributed by atoms with Crippen molar-refractivity contribution in [1.29, 1.82) is 5.26 Å². The predicted octanol–water partition coefficient (Wildman–Crippen LogP) is 2.31. The molecule has 4 nitrogen and oxygen atoms in total. The summed E-state index contributed by atoms with van der Waals surface area (Å²) in [6.45, 7) is 2.42. The van der Waals surface area contributed by atoms with Crippen LogP contribution in [0.5, 0.6) is 0 Å². The first-order valence-electron chi connectivity index (χ1n) is 5.90. The molecule has 1 aliphatic rings. The molecule has 0 saturated carbocycles. The van der Waals surface area contributed by atoms with Crippen LogP contribution in [0, 0.1) is 17.1 Å². The third-order valence-electron chi connectivity index (χ3n) is 2.99. The van der Waals surface area contributed by atoms with Crippen molar-refractivity contribution in [3.8, 4) is 6.07 Å². The lowest BCUT2D eigenvalue weighted by Gasteiger charge is -2.40. The number of methoxy groups -OCH3 is 1. The Bertz CT molecular complexity index is 498. The summed E-state index contributed by atoms with van der Waals surface area (Å²) >= 11 is 3.27. The van der Waals surface area contributed by atoms with E-state index < -0.39 is 0 Å². The van der Waals surface area contributed by atoms with Crippen LogP contribution in [-0.4, -0.2) is 39.5 Å². The van der Waals surface area contributed by atoms with Gasteiger partial charge in [-0.15, -0.1) is 0 Å². The summed E-state index contributed by atoms with van der Waals surface area (Å²) in [5.41, 5.74) is 0.798. The Kier molecular flexibility index (Phi) is 4.75. The van der Waals surface area contributed by atoms with Gasteiger partial charge in [0.25, 0.3) is 0 Å². The zero-order valence-corrected chi connectivity index (χ0v) is 12.1. The molecule has 1 aromatic rings. The molecule has 0 aliphatic carbocycles. The molecular formula is C13H14BrFN2O2. The zero-order valence-electron chi connectivity index (χ0n) is 10.5. The summed E-state index contributed by atoms with van der Waals surface area (Å²) in [4.78, 5) is 1.89. The molecule has 102 valence electrons. The normalized spacial score (nSPS) is 15.2. The molecule has 0 radical (unpaired) electrons. The summed E-state index contributed by atoms with van der Waals surface area (Å²) in [5.74, 6) is -0.380. The van der Waals surface area contributed by atoms with Crippen LogP contribution in [0.25, 0.3) is 0 Å². The average molecular weight is 329 g/mol. The molecule has 0 spiro atoms. The molecule has 1 aromatic carbocycles. The smallest absolute Gasteiger partial charge is 0.147 e. The summed E-state index contributed by atoms with van der Waals surface area (Å²) in [5, 5.41) is 8.81. The van der Waals surface area contributed by atoms with Crippen molar-refractivity contribution in [2.45, 2.75) is 6.10 Å². The summed E-state index contributed by atoms with van der Waals surface area (Å²) < 4.78 is 24.9. The third-order valence-corrected chi connectivity index (χ3v) is 3.64. The largest absolute Gasteiger partial charge is 0.382 e. The quantitative estimate of drug-likeness (QED) is 0.778. The van der Waals surface area contributed by atoms with Crippen molar-refractivity contribution < 1.29 is 13.9 Å². The van der Waals surface area contributed by atoms with Crippen molar-refractivity contribution in [3.63, 3.8) is 0 Å². The van der Waals surface area contributed by atoms with E-state index in [0.717, 1.165) is 0 Å². The van der Waals surface area contributed by atoms with Gasteiger partial charge >= 0.3 is 0 Å². The molecule has 0 atom stereocenters. The molecular weight excluding hydrogens is 315 g/mol. The van der Waals surface area contributed by atoms with Crippen molar-refractivity contribution in [3.05, 3.63) is 28.0 Å². The maximum absolute atomic E-state index is 13.8. The van der Waals surface area contributed by atoms with Crippen LogP contribution in [0.3, 0.4) is 0 Å². The Labute approximate surface area is 119 Å². The maximum atomic E-state index is 13.8. The second kappa shape index (κ2) is 6.33. The Hall–Kier alpha value is -1.16. The van der Waals surface area contributed by atoms with E-state index in [4.69, 9.17) is 14.7 Å². The van der Waals surface area contributed by atoms with Crippen LogP contribution in [-0.2, 0) is 9.47 Å². The second-order valence-electron chi connectivity index (χ2n) is 4.29. The molecule has 0 amide bonds. The number of hydrogen-bond donors (Lipinski definition) is 0. The highest BCUT2D eigenvalue weighted by molar-refractivity contribution is 9.10. The topological polar surface area (TPSA) is 45.5 Å². The molecule has 1 saturated heterocycles. The van der Waals surface area contributed by atoms with E-state index in [0.29, 0.717) is 42.0 Å². The number of rotatable bonds is 5. The second-order valence-corrected chi connectivity index (χ2v) is 5.14. The Morgan fingerprint density at radius 2 is 2.21 bits per heavy atom. The van der Waals surface area contributed by atoms with Crippen LogP contribution in [0.15, 0.2) is 16.6 Å². The number of ether oxygens (including phenoxy) is 2. The van der Waals surface area contributed by atoms with E-state index in [9.17, 15) is 4.39 Å². The predicted molar refractivity (Wildman–Crippen MR) is 72.6 cm³/mol. The minimum absolute atomic E-state index is 0.115. The minimum Gasteiger partial charge on any atom is -0.382 e.